The van der Waals surface area contributed by atoms with E-state index in [1.54, 1.807) is 0 Å². The van der Waals surface area contributed by atoms with Crippen LogP contribution in [0.5, 0.6) is 0 Å². The summed E-state index contributed by atoms with van der Waals surface area (Å²) < 4.78 is 7.30. The van der Waals surface area contributed by atoms with Gasteiger partial charge in [0, 0.05) is 25.8 Å². The fraction of sp³-hybridized carbons (Fsp3) is 0.438. The summed E-state index contributed by atoms with van der Waals surface area (Å²) in [6, 6.07) is 9.95. The second kappa shape index (κ2) is 7.24. The third-order valence-electron chi connectivity index (χ3n) is 3.45. The summed E-state index contributed by atoms with van der Waals surface area (Å²) >= 11 is 0. The van der Waals surface area contributed by atoms with Crippen LogP contribution < -0.4 is 4.90 Å². The predicted octanol–water partition coefficient (Wildman–Crippen LogP) is 2.15. The number of aliphatic hydroxyl groups is 1. The SMILES string of the molecule is CCOCCN(C)c1c(CO)c(C)nn1-c1ccccc1. The first kappa shape index (κ1) is 15.5. The molecule has 1 aromatic heterocycles. The van der Waals surface area contributed by atoms with E-state index in [2.05, 4.69) is 10.00 Å². The number of benzene rings is 1. The standard InChI is InChI=1S/C16H23N3O2/c1-4-21-11-10-18(3)16-15(12-20)13(2)17-19(16)14-8-6-5-7-9-14/h5-9,20H,4,10-12H2,1-3H3. The van der Waals surface area contributed by atoms with Gasteiger partial charge < -0.3 is 14.7 Å². The number of aryl methyl sites for hydroxylation is 1. The van der Waals surface area contributed by atoms with Gasteiger partial charge in [0.1, 0.15) is 5.82 Å². The highest BCUT2D eigenvalue weighted by Gasteiger charge is 2.19. The number of aliphatic hydroxyl groups excluding tert-OH is 1. The molecule has 5 nitrogen and oxygen atoms in total. The van der Waals surface area contributed by atoms with E-state index in [9.17, 15) is 5.11 Å². The molecule has 0 atom stereocenters. The van der Waals surface area contributed by atoms with Gasteiger partial charge in [-0.2, -0.15) is 5.10 Å². The summed E-state index contributed by atoms with van der Waals surface area (Å²) in [4.78, 5) is 2.08. The molecule has 0 spiro atoms. The Bertz CT molecular complexity index is 566. The van der Waals surface area contributed by atoms with Crippen molar-refractivity contribution in [2.75, 3.05) is 31.7 Å². The highest BCUT2D eigenvalue weighted by molar-refractivity contribution is 5.54. The van der Waals surface area contributed by atoms with Crippen LogP contribution in [0.15, 0.2) is 30.3 Å². The Morgan fingerprint density at radius 1 is 1.29 bits per heavy atom. The van der Waals surface area contributed by atoms with E-state index in [4.69, 9.17) is 4.74 Å². The van der Waals surface area contributed by atoms with Crippen LogP contribution in [0, 0.1) is 6.92 Å². The molecule has 114 valence electrons. The maximum absolute atomic E-state index is 9.67. The molecule has 1 N–H and O–H groups in total. The number of hydrogen-bond acceptors (Lipinski definition) is 4. The molecule has 0 fully saturated rings. The van der Waals surface area contributed by atoms with Crippen molar-refractivity contribution < 1.29 is 9.84 Å². The number of ether oxygens (including phenoxy) is 1. The largest absolute Gasteiger partial charge is 0.391 e. The number of likely N-dealkylation sites (N-methyl/N-ethyl adjacent to an activating group) is 1. The molecule has 1 heterocycles. The van der Waals surface area contributed by atoms with Gasteiger partial charge in [-0.05, 0) is 26.0 Å². The minimum absolute atomic E-state index is 0.0209. The van der Waals surface area contributed by atoms with Crippen molar-refractivity contribution in [2.24, 2.45) is 0 Å². The number of nitrogens with zero attached hydrogens (tertiary/aromatic N) is 3. The first-order valence-electron chi connectivity index (χ1n) is 7.22. The van der Waals surface area contributed by atoms with Gasteiger partial charge in [-0.15, -0.1) is 0 Å². The smallest absolute Gasteiger partial charge is 0.138 e. The molecule has 0 unspecified atom stereocenters. The molecule has 0 bridgehead atoms. The Labute approximate surface area is 125 Å². The molecule has 0 amide bonds. The number of hydrogen-bond donors (Lipinski definition) is 1. The Hall–Kier alpha value is -1.85. The lowest BCUT2D eigenvalue weighted by Crippen LogP contribution is -2.26. The molecule has 0 aliphatic carbocycles. The third kappa shape index (κ3) is 3.43. The fourth-order valence-corrected chi connectivity index (χ4v) is 2.33. The molecule has 21 heavy (non-hydrogen) atoms. The first-order chi connectivity index (χ1) is 10.2. The van der Waals surface area contributed by atoms with Crippen molar-refractivity contribution in [3.8, 4) is 5.69 Å². The van der Waals surface area contributed by atoms with Crippen LogP contribution in [0.3, 0.4) is 0 Å². The Balaban J connectivity index is 2.37. The average molecular weight is 289 g/mol. The maximum Gasteiger partial charge on any atom is 0.138 e. The normalized spacial score (nSPS) is 10.9. The van der Waals surface area contributed by atoms with Gasteiger partial charge in [-0.1, -0.05) is 18.2 Å². The Kier molecular flexibility index (Phi) is 5.36. The third-order valence-corrected chi connectivity index (χ3v) is 3.45. The number of para-hydroxylation sites is 1. The fourth-order valence-electron chi connectivity index (χ4n) is 2.33. The van der Waals surface area contributed by atoms with Gasteiger partial charge in [-0.3, -0.25) is 0 Å². The van der Waals surface area contributed by atoms with Crippen molar-refractivity contribution in [1.82, 2.24) is 9.78 Å². The molecule has 2 aromatic rings. The zero-order chi connectivity index (χ0) is 15.2. The van der Waals surface area contributed by atoms with Crippen molar-refractivity contribution in [1.29, 1.82) is 0 Å². The molecule has 0 aliphatic heterocycles. The van der Waals surface area contributed by atoms with Crippen LogP contribution in [0.2, 0.25) is 0 Å². The van der Waals surface area contributed by atoms with Crippen molar-refractivity contribution in [3.05, 3.63) is 41.6 Å². The van der Waals surface area contributed by atoms with Crippen molar-refractivity contribution in [3.63, 3.8) is 0 Å². The number of aromatic nitrogens is 2. The van der Waals surface area contributed by atoms with Crippen molar-refractivity contribution >= 4 is 5.82 Å². The van der Waals surface area contributed by atoms with Crippen LogP contribution in [0.4, 0.5) is 5.82 Å². The van der Waals surface area contributed by atoms with Gasteiger partial charge in [0.25, 0.3) is 0 Å². The summed E-state index contributed by atoms with van der Waals surface area (Å²) in [5, 5.41) is 14.2. The zero-order valence-corrected chi connectivity index (χ0v) is 12.9. The average Bonchev–Trinajstić information content (AvgIpc) is 2.85. The van der Waals surface area contributed by atoms with Crippen LogP contribution in [-0.2, 0) is 11.3 Å². The summed E-state index contributed by atoms with van der Waals surface area (Å²) in [5.74, 6) is 0.918. The van der Waals surface area contributed by atoms with Gasteiger partial charge in [0.05, 0.1) is 24.6 Å². The Morgan fingerprint density at radius 2 is 2.00 bits per heavy atom. The second-order valence-corrected chi connectivity index (χ2v) is 4.91. The molecule has 5 heteroatoms. The molecular weight excluding hydrogens is 266 g/mol. The quantitative estimate of drug-likeness (QED) is 0.794. The van der Waals surface area contributed by atoms with E-state index in [0.717, 1.165) is 29.3 Å². The maximum atomic E-state index is 9.67. The topological polar surface area (TPSA) is 50.5 Å². The number of rotatable bonds is 7. The summed E-state index contributed by atoms with van der Waals surface area (Å²) in [6.45, 7) is 5.99. The minimum atomic E-state index is -0.0209. The summed E-state index contributed by atoms with van der Waals surface area (Å²) in [6.07, 6.45) is 0. The van der Waals surface area contributed by atoms with E-state index in [0.29, 0.717) is 13.2 Å². The lowest BCUT2D eigenvalue weighted by atomic mass is 10.2. The minimum Gasteiger partial charge on any atom is -0.391 e. The van der Waals surface area contributed by atoms with Gasteiger partial charge in [0.2, 0.25) is 0 Å². The molecular formula is C16H23N3O2. The number of anilines is 1. The van der Waals surface area contributed by atoms with Crippen LogP contribution in [0.1, 0.15) is 18.2 Å². The second-order valence-electron chi connectivity index (χ2n) is 4.91. The molecule has 0 aliphatic rings. The highest BCUT2D eigenvalue weighted by atomic mass is 16.5. The van der Waals surface area contributed by atoms with E-state index in [-0.39, 0.29) is 6.61 Å². The van der Waals surface area contributed by atoms with Gasteiger partial charge >= 0.3 is 0 Å². The van der Waals surface area contributed by atoms with E-state index in [1.807, 2.05) is 55.9 Å². The molecule has 0 saturated carbocycles. The molecule has 2 rings (SSSR count). The molecule has 0 radical (unpaired) electrons. The van der Waals surface area contributed by atoms with Crippen LogP contribution in [0.25, 0.3) is 5.69 Å². The zero-order valence-electron chi connectivity index (χ0n) is 12.9. The predicted molar refractivity (Wildman–Crippen MR) is 84.0 cm³/mol. The van der Waals surface area contributed by atoms with Gasteiger partial charge in [0.15, 0.2) is 0 Å². The summed E-state index contributed by atoms with van der Waals surface area (Å²) in [7, 11) is 1.99. The van der Waals surface area contributed by atoms with Crippen LogP contribution in [-0.4, -0.2) is 41.7 Å². The van der Waals surface area contributed by atoms with Crippen LogP contribution >= 0.6 is 0 Å². The molecule has 1 aromatic carbocycles. The summed E-state index contributed by atoms with van der Waals surface area (Å²) in [5.41, 5.74) is 2.69. The Morgan fingerprint density at radius 3 is 2.62 bits per heavy atom. The van der Waals surface area contributed by atoms with Gasteiger partial charge in [-0.25, -0.2) is 4.68 Å². The highest BCUT2D eigenvalue weighted by Crippen LogP contribution is 2.26. The lowest BCUT2D eigenvalue weighted by molar-refractivity contribution is 0.154. The van der Waals surface area contributed by atoms with Crippen molar-refractivity contribution in [2.45, 2.75) is 20.5 Å². The van der Waals surface area contributed by atoms with E-state index < -0.39 is 0 Å². The van der Waals surface area contributed by atoms with E-state index >= 15 is 0 Å². The lowest BCUT2D eigenvalue weighted by Gasteiger charge is -2.21. The molecule has 0 saturated heterocycles. The van der Waals surface area contributed by atoms with E-state index in [1.165, 1.54) is 0 Å². The first-order valence-corrected chi connectivity index (χ1v) is 7.22. The monoisotopic (exact) mass is 289 g/mol.